The van der Waals surface area contributed by atoms with Gasteiger partial charge in [0.1, 0.15) is 23.9 Å². The molecule has 0 spiro atoms. The highest BCUT2D eigenvalue weighted by atomic mass is 16.5. The number of hydrogen-bond acceptors (Lipinski definition) is 5. The lowest BCUT2D eigenvalue weighted by atomic mass is 9.95. The molecule has 7 nitrogen and oxygen atoms in total. The molecule has 0 aromatic carbocycles. The maximum atomic E-state index is 6.52. The van der Waals surface area contributed by atoms with Gasteiger partial charge in [-0.2, -0.15) is 0 Å². The maximum absolute atomic E-state index is 6.52. The molecule has 4 heterocycles. The molecule has 1 saturated heterocycles. The molecule has 3 aromatic rings. The van der Waals surface area contributed by atoms with Crippen LogP contribution in [-0.2, 0) is 13.6 Å². The lowest BCUT2D eigenvalue weighted by Crippen LogP contribution is -2.38. The number of fused-ring (bicyclic) bond motifs is 1. The molecule has 0 radical (unpaired) electrons. The molecule has 1 saturated carbocycles. The average Bonchev–Trinajstić information content (AvgIpc) is 3.26. The number of ether oxygens (including phenoxy) is 1. The van der Waals surface area contributed by atoms with Crippen LogP contribution >= 0.6 is 0 Å². The van der Waals surface area contributed by atoms with Crippen LogP contribution in [0, 0.1) is 20.8 Å². The Labute approximate surface area is 190 Å². The van der Waals surface area contributed by atoms with Crippen molar-refractivity contribution in [2.24, 2.45) is 7.05 Å². The van der Waals surface area contributed by atoms with Crippen molar-refractivity contribution in [3.8, 4) is 5.88 Å². The van der Waals surface area contributed by atoms with E-state index in [4.69, 9.17) is 9.72 Å². The van der Waals surface area contributed by atoms with E-state index >= 15 is 0 Å². The normalized spacial score (nSPS) is 19.1. The van der Waals surface area contributed by atoms with E-state index in [1.807, 2.05) is 6.20 Å². The summed E-state index contributed by atoms with van der Waals surface area (Å²) in [6, 6.07) is 0.557. The van der Waals surface area contributed by atoms with Crippen LogP contribution in [0.25, 0.3) is 11.0 Å². The van der Waals surface area contributed by atoms with Gasteiger partial charge >= 0.3 is 0 Å². The van der Waals surface area contributed by atoms with Gasteiger partial charge in [-0.15, -0.1) is 0 Å². The molecule has 2 aliphatic rings. The Bertz CT molecular complexity index is 1090. The van der Waals surface area contributed by atoms with Crippen LogP contribution in [0.4, 0.5) is 0 Å². The van der Waals surface area contributed by atoms with Crippen molar-refractivity contribution in [2.45, 2.75) is 84.4 Å². The molecular weight excluding hydrogens is 400 g/mol. The lowest BCUT2D eigenvalue weighted by molar-refractivity contribution is 0.0933. The minimum atomic E-state index is 0.204. The number of likely N-dealkylation sites (tertiary alicyclic amines) is 1. The van der Waals surface area contributed by atoms with Gasteiger partial charge in [-0.3, -0.25) is 4.90 Å². The number of rotatable bonds is 5. The second kappa shape index (κ2) is 8.85. The predicted octanol–water partition coefficient (Wildman–Crippen LogP) is 4.64. The third kappa shape index (κ3) is 3.91. The zero-order valence-corrected chi connectivity index (χ0v) is 20.0. The fourth-order valence-corrected chi connectivity index (χ4v) is 5.54. The number of nitrogens with zero attached hydrogens (tertiary/aromatic N) is 6. The molecular formula is C25H36N6O. The highest BCUT2D eigenvalue weighted by Crippen LogP contribution is 2.37. The summed E-state index contributed by atoms with van der Waals surface area (Å²) in [5, 5.41) is 1.11. The summed E-state index contributed by atoms with van der Waals surface area (Å²) in [5.74, 6) is 1.84. The van der Waals surface area contributed by atoms with Crippen LogP contribution in [0.3, 0.4) is 0 Å². The van der Waals surface area contributed by atoms with Crippen LogP contribution in [0.1, 0.15) is 73.8 Å². The number of aromatic nitrogens is 5. The summed E-state index contributed by atoms with van der Waals surface area (Å²) in [6.07, 6.45) is 12.4. The van der Waals surface area contributed by atoms with Gasteiger partial charge in [0.05, 0.1) is 11.1 Å². The average molecular weight is 437 g/mol. The SMILES string of the molecule is Cc1c(C)n(C2CCCCC2)c2ncnc(OC3CCN(Cc4cnc(C)n4C)CC3)c12. The van der Waals surface area contributed by atoms with E-state index in [-0.39, 0.29) is 6.10 Å². The quantitative estimate of drug-likeness (QED) is 0.583. The molecule has 32 heavy (non-hydrogen) atoms. The van der Waals surface area contributed by atoms with Crippen LogP contribution in [0.2, 0.25) is 0 Å². The fraction of sp³-hybridized carbons (Fsp3) is 0.640. The van der Waals surface area contributed by atoms with Crippen molar-refractivity contribution in [1.82, 2.24) is 29.0 Å². The first-order valence-electron chi connectivity index (χ1n) is 12.2. The minimum absolute atomic E-state index is 0.204. The van der Waals surface area contributed by atoms with E-state index in [0.29, 0.717) is 6.04 Å². The first-order valence-corrected chi connectivity index (χ1v) is 12.2. The van der Waals surface area contributed by atoms with Gasteiger partial charge < -0.3 is 13.9 Å². The zero-order chi connectivity index (χ0) is 22.2. The molecule has 0 bridgehead atoms. The molecule has 0 unspecified atom stereocenters. The highest BCUT2D eigenvalue weighted by Gasteiger charge is 2.27. The Balaban J connectivity index is 1.30. The van der Waals surface area contributed by atoms with Gasteiger partial charge in [0.2, 0.25) is 5.88 Å². The number of imidazole rings is 1. The fourth-order valence-electron chi connectivity index (χ4n) is 5.54. The molecule has 1 aliphatic carbocycles. The van der Waals surface area contributed by atoms with E-state index < -0.39 is 0 Å². The smallest absolute Gasteiger partial charge is 0.226 e. The first-order chi connectivity index (χ1) is 15.5. The van der Waals surface area contributed by atoms with Crippen molar-refractivity contribution >= 4 is 11.0 Å². The summed E-state index contributed by atoms with van der Waals surface area (Å²) in [7, 11) is 2.09. The topological polar surface area (TPSA) is 61.0 Å². The third-order valence-electron chi connectivity index (χ3n) is 7.75. The third-order valence-corrected chi connectivity index (χ3v) is 7.75. The van der Waals surface area contributed by atoms with Crippen LogP contribution in [-0.4, -0.2) is 48.2 Å². The Morgan fingerprint density at radius 2 is 1.72 bits per heavy atom. The van der Waals surface area contributed by atoms with E-state index in [2.05, 4.69) is 51.8 Å². The number of hydrogen-bond donors (Lipinski definition) is 0. The minimum Gasteiger partial charge on any atom is -0.474 e. The molecule has 0 N–H and O–H groups in total. The Morgan fingerprint density at radius 1 is 0.969 bits per heavy atom. The lowest BCUT2D eigenvalue weighted by Gasteiger charge is -2.32. The van der Waals surface area contributed by atoms with Gasteiger partial charge in [-0.05, 0) is 52.0 Å². The summed E-state index contributed by atoms with van der Waals surface area (Å²) in [5.41, 5.74) is 4.92. The molecule has 1 aliphatic heterocycles. The van der Waals surface area contributed by atoms with E-state index in [9.17, 15) is 0 Å². The molecule has 0 atom stereocenters. The van der Waals surface area contributed by atoms with E-state index in [1.165, 1.54) is 49.1 Å². The monoisotopic (exact) mass is 436 g/mol. The molecule has 5 rings (SSSR count). The van der Waals surface area contributed by atoms with Crippen LogP contribution < -0.4 is 4.74 Å². The summed E-state index contributed by atoms with van der Waals surface area (Å²) in [4.78, 5) is 16.2. The molecule has 7 heteroatoms. The largest absolute Gasteiger partial charge is 0.474 e. The summed E-state index contributed by atoms with van der Waals surface area (Å²) in [6.45, 7) is 9.50. The molecule has 2 fully saturated rings. The van der Waals surface area contributed by atoms with Crippen molar-refractivity contribution in [3.63, 3.8) is 0 Å². The second-order valence-corrected chi connectivity index (χ2v) is 9.70. The first kappa shape index (κ1) is 21.4. The summed E-state index contributed by atoms with van der Waals surface area (Å²) >= 11 is 0. The van der Waals surface area contributed by atoms with Gasteiger partial charge in [-0.1, -0.05) is 19.3 Å². The second-order valence-electron chi connectivity index (χ2n) is 9.70. The Hall–Kier alpha value is -2.41. The van der Waals surface area contributed by atoms with E-state index in [0.717, 1.165) is 55.2 Å². The Morgan fingerprint density at radius 3 is 2.41 bits per heavy atom. The highest BCUT2D eigenvalue weighted by molar-refractivity contribution is 5.86. The van der Waals surface area contributed by atoms with Crippen molar-refractivity contribution in [3.05, 3.63) is 35.3 Å². The van der Waals surface area contributed by atoms with Gasteiger partial charge in [-0.25, -0.2) is 15.0 Å². The van der Waals surface area contributed by atoms with Crippen LogP contribution in [0.15, 0.2) is 12.5 Å². The standard InChI is InChI=1S/C25H36N6O/c1-17-18(2)31(20-8-6-5-7-9-20)24-23(17)25(28-16-27-24)32-22-10-12-30(13-11-22)15-21-14-26-19(3)29(21)4/h14,16,20,22H,5-13,15H2,1-4H3. The predicted molar refractivity (Wildman–Crippen MR) is 126 cm³/mol. The zero-order valence-electron chi connectivity index (χ0n) is 20.0. The van der Waals surface area contributed by atoms with Gasteiger partial charge in [0.25, 0.3) is 0 Å². The molecule has 172 valence electrons. The van der Waals surface area contributed by atoms with Gasteiger partial charge in [0, 0.05) is 44.6 Å². The molecule has 3 aromatic heterocycles. The van der Waals surface area contributed by atoms with Crippen molar-refractivity contribution in [2.75, 3.05) is 13.1 Å². The van der Waals surface area contributed by atoms with Crippen molar-refractivity contribution < 1.29 is 4.74 Å². The summed E-state index contributed by atoms with van der Waals surface area (Å²) < 4.78 is 11.2. The maximum Gasteiger partial charge on any atom is 0.226 e. The number of aryl methyl sites for hydroxylation is 2. The molecule has 0 amide bonds. The van der Waals surface area contributed by atoms with Crippen molar-refractivity contribution in [1.29, 1.82) is 0 Å². The number of piperidine rings is 1. The van der Waals surface area contributed by atoms with Crippen LogP contribution in [0.5, 0.6) is 5.88 Å². The van der Waals surface area contributed by atoms with E-state index in [1.54, 1.807) is 6.33 Å². The Kier molecular flexibility index (Phi) is 5.93. The van der Waals surface area contributed by atoms with Gasteiger partial charge in [0.15, 0.2) is 0 Å².